The van der Waals surface area contributed by atoms with Crippen LogP contribution in [0.2, 0.25) is 0 Å². The Morgan fingerprint density at radius 1 is 1.06 bits per heavy atom. The molecule has 0 amide bonds. The Morgan fingerprint density at radius 2 is 1.58 bits per heavy atom. The van der Waals surface area contributed by atoms with Gasteiger partial charge in [-0.25, -0.2) is 17.5 Å². The number of nitrogens with one attached hydrogen (secondary N) is 1. The fourth-order valence-electron chi connectivity index (χ4n) is 5.65. The zero-order chi connectivity index (χ0) is 23.0. The number of carbonyl (C=O) groups excluding carboxylic acids is 2. The van der Waals surface area contributed by atoms with Crippen LogP contribution in [0.3, 0.4) is 0 Å². The van der Waals surface area contributed by atoms with Gasteiger partial charge in [0.05, 0.1) is 23.3 Å². The molecule has 4 fully saturated rings. The molecule has 0 heterocycles. The van der Waals surface area contributed by atoms with Gasteiger partial charge < -0.3 is 9.57 Å². The fourth-order valence-corrected chi connectivity index (χ4v) is 6.86. The lowest BCUT2D eigenvalue weighted by molar-refractivity contribution is -0.184. The highest BCUT2D eigenvalue weighted by molar-refractivity contribution is 7.89. The molecule has 1 N–H and O–H groups in total. The highest BCUT2D eigenvalue weighted by Crippen LogP contribution is 2.55. The van der Waals surface area contributed by atoms with Gasteiger partial charge in [0.25, 0.3) is 0 Å². The minimum Gasteiger partial charge on any atom is -0.449 e. The van der Waals surface area contributed by atoms with Crippen molar-refractivity contribution in [3.63, 3.8) is 0 Å². The van der Waals surface area contributed by atoms with Crippen LogP contribution in [0.25, 0.3) is 0 Å². The number of ether oxygens (including phenoxy) is 1. The van der Waals surface area contributed by atoms with Gasteiger partial charge in [0.2, 0.25) is 16.1 Å². The number of likely N-dealkylation sites (N-methyl/N-ethyl adjacent to an activating group) is 1. The lowest BCUT2D eigenvalue weighted by atomic mass is 9.53. The molecule has 2 atom stereocenters. The lowest BCUT2D eigenvalue weighted by Gasteiger charge is -2.56. The summed E-state index contributed by atoms with van der Waals surface area (Å²) in [6.07, 6.45) is 5.37. The number of rotatable bonds is 10. The van der Waals surface area contributed by atoms with Crippen LogP contribution < -0.4 is 5.48 Å². The second-order valence-electron chi connectivity index (χ2n) is 10.1. The van der Waals surface area contributed by atoms with Gasteiger partial charge in [0.1, 0.15) is 0 Å². The van der Waals surface area contributed by atoms with Gasteiger partial charge in [0, 0.05) is 12.8 Å². The summed E-state index contributed by atoms with van der Waals surface area (Å²) in [5, 5.41) is -0.661. The maximum absolute atomic E-state index is 12.9. The molecule has 4 bridgehead atoms. The number of carbonyl (C=O) groups is 2. The first kappa shape index (κ1) is 24.8. The van der Waals surface area contributed by atoms with Crippen molar-refractivity contribution in [2.75, 3.05) is 19.3 Å². The van der Waals surface area contributed by atoms with E-state index in [0.717, 1.165) is 23.6 Å². The highest BCUT2D eigenvalue weighted by atomic mass is 32.2. The molecular weight excluding hydrogens is 440 g/mol. The van der Waals surface area contributed by atoms with Crippen LogP contribution in [0.4, 0.5) is 0 Å². The van der Waals surface area contributed by atoms with Crippen molar-refractivity contribution < 1.29 is 27.6 Å². The predicted octanol–water partition coefficient (Wildman–Crippen LogP) is 2.15. The summed E-state index contributed by atoms with van der Waals surface area (Å²) in [6.45, 7) is 4.46. The fraction of sp³-hybridized carbons (Fsp3) is 0.905. The molecule has 0 aromatic carbocycles. The minimum atomic E-state index is -3.62. The summed E-state index contributed by atoms with van der Waals surface area (Å²) in [5.74, 6) is 0.357. The number of sulfonamides is 1. The smallest absolute Gasteiger partial charge is 0.367 e. The number of esters is 1. The molecule has 0 radical (unpaired) electrons. The maximum atomic E-state index is 12.9. The summed E-state index contributed by atoms with van der Waals surface area (Å²) >= 11 is 4.10. The summed E-state index contributed by atoms with van der Waals surface area (Å²) < 4.78 is 31.3. The standard InChI is InChI=1S/C21H36N2O6S2/c1-13(2)31(26,27)23(4)11-18(28-19(24)14(3)12-30)20(25)29-22-21-8-15-5-16(9-21)7-17(6-15)10-21/h13-18,22,30H,5-12H2,1-4H3/t14-,15?,16?,17?,18+,21?/m1/s1. The molecule has 0 unspecified atom stereocenters. The van der Waals surface area contributed by atoms with Crippen LogP contribution >= 0.6 is 12.6 Å². The summed E-state index contributed by atoms with van der Waals surface area (Å²) in [6, 6.07) is 0. The van der Waals surface area contributed by atoms with E-state index >= 15 is 0 Å². The van der Waals surface area contributed by atoms with Crippen molar-refractivity contribution in [3.05, 3.63) is 0 Å². The van der Waals surface area contributed by atoms with E-state index in [1.807, 2.05) is 0 Å². The van der Waals surface area contributed by atoms with E-state index < -0.39 is 39.2 Å². The van der Waals surface area contributed by atoms with E-state index in [4.69, 9.17) is 9.57 Å². The first-order valence-corrected chi connectivity index (χ1v) is 13.3. The lowest BCUT2D eigenvalue weighted by Crippen LogP contribution is -2.59. The van der Waals surface area contributed by atoms with E-state index in [9.17, 15) is 18.0 Å². The van der Waals surface area contributed by atoms with Crippen LogP contribution in [0.15, 0.2) is 0 Å². The zero-order valence-electron chi connectivity index (χ0n) is 18.9. The van der Waals surface area contributed by atoms with Crippen molar-refractivity contribution in [1.29, 1.82) is 0 Å². The van der Waals surface area contributed by atoms with E-state index in [2.05, 4.69) is 18.1 Å². The molecular formula is C21H36N2O6S2. The van der Waals surface area contributed by atoms with Crippen LogP contribution in [0.5, 0.6) is 0 Å². The monoisotopic (exact) mass is 476 g/mol. The van der Waals surface area contributed by atoms with Crippen LogP contribution in [-0.4, -0.2) is 60.9 Å². The third-order valence-corrected chi connectivity index (χ3v) is 9.81. The second-order valence-corrected chi connectivity index (χ2v) is 13.1. The molecule has 31 heavy (non-hydrogen) atoms. The average molecular weight is 477 g/mol. The molecule has 0 aliphatic heterocycles. The number of nitrogens with zero attached hydrogens (tertiary/aromatic N) is 1. The van der Waals surface area contributed by atoms with E-state index in [0.29, 0.717) is 17.8 Å². The largest absolute Gasteiger partial charge is 0.449 e. The van der Waals surface area contributed by atoms with Crippen LogP contribution in [0, 0.1) is 23.7 Å². The molecule has 178 valence electrons. The van der Waals surface area contributed by atoms with Crippen molar-refractivity contribution in [2.24, 2.45) is 23.7 Å². The van der Waals surface area contributed by atoms with Crippen LogP contribution in [-0.2, 0) is 29.2 Å². The summed E-state index contributed by atoms with van der Waals surface area (Å²) in [4.78, 5) is 30.7. The van der Waals surface area contributed by atoms with Gasteiger partial charge in [-0.15, -0.1) is 5.48 Å². The molecule has 0 saturated heterocycles. The van der Waals surface area contributed by atoms with Crippen LogP contribution in [0.1, 0.15) is 59.3 Å². The van der Waals surface area contributed by atoms with Gasteiger partial charge in [0.15, 0.2) is 0 Å². The number of hydrogen-bond acceptors (Lipinski definition) is 8. The first-order valence-electron chi connectivity index (χ1n) is 11.2. The SMILES string of the molecule is CC(C)S(=O)(=O)N(C)C[C@H](OC(=O)[C@H](C)CS)C(=O)ONC12CC3CC(CC(C3)C1)C2. The molecule has 4 rings (SSSR count). The molecule has 0 aromatic rings. The molecule has 8 nitrogen and oxygen atoms in total. The minimum absolute atomic E-state index is 0.215. The van der Waals surface area contributed by atoms with Gasteiger partial charge >= 0.3 is 11.9 Å². The van der Waals surface area contributed by atoms with Crippen molar-refractivity contribution in [2.45, 2.75) is 76.2 Å². The molecule has 10 heteroatoms. The Labute approximate surface area is 191 Å². The van der Waals surface area contributed by atoms with E-state index in [1.165, 1.54) is 26.3 Å². The molecule has 4 saturated carbocycles. The normalized spacial score (nSPS) is 31.6. The van der Waals surface area contributed by atoms with Gasteiger partial charge in [-0.2, -0.15) is 12.6 Å². The molecule has 0 aromatic heterocycles. The number of hydrogen-bond donors (Lipinski definition) is 2. The van der Waals surface area contributed by atoms with Crippen molar-refractivity contribution in [3.8, 4) is 0 Å². The summed E-state index contributed by atoms with van der Waals surface area (Å²) in [5.41, 5.74) is 2.82. The quantitative estimate of drug-likeness (QED) is 0.283. The number of thiol groups is 1. The Hall–Kier alpha value is -0.840. The Bertz CT molecular complexity index is 749. The molecule has 0 spiro atoms. The highest BCUT2D eigenvalue weighted by Gasteiger charge is 2.52. The van der Waals surface area contributed by atoms with Crippen molar-refractivity contribution in [1.82, 2.24) is 9.79 Å². The Kier molecular flexibility index (Phi) is 7.65. The molecule has 4 aliphatic carbocycles. The Balaban J connectivity index is 1.67. The molecule has 4 aliphatic rings. The van der Waals surface area contributed by atoms with Gasteiger partial charge in [-0.1, -0.05) is 6.92 Å². The topological polar surface area (TPSA) is 102 Å². The summed E-state index contributed by atoms with van der Waals surface area (Å²) in [7, 11) is -2.25. The zero-order valence-corrected chi connectivity index (χ0v) is 20.6. The third-order valence-electron chi connectivity index (χ3n) is 7.06. The number of hydroxylamine groups is 1. The van der Waals surface area contributed by atoms with E-state index in [1.54, 1.807) is 20.8 Å². The second kappa shape index (κ2) is 9.57. The van der Waals surface area contributed by atoms with Gasteiger partial charge in [-0.3, -0.25) is 4.79 Å². The third kappa shape index (κ3) is 5.57. The van der Waals surface area contributed by atoms with Crippen molar-refractivity contribution >= 4 is 34.6 Å². The average Bonchev–Trinajstić information content (AvgIpc) is 2.69. The predicted molar refractivity (Wildman–Crippen MR) is 120 cm³/mol. The first-order chi connectivity index (χ1) is 14.5. The van der Waals surface area contributed by atoms with E-state index in [-0.39, 0.29) is 17.8 Å². The Morgan fingerprint density at radius 3 is 2.03 bits per heavy atom. The van der Waals surface area contributed by atoms with Gasteiger partial charge in [-0.05, 0) is 70.1 Å². The maximum Gasteiger partial charge on any atom is 0.367 e.